The number of hydrogen-bond donors (Lipinski definition) is 1. The molecule has 6 aromatic rings. The molecule has 0 bridgehead atoms. The van der Waals surface area contributed by atoms with E-state index in [0.717, 1.165) is 37.8 Å². The van der Waals surface area contributed by atoms with Crippen LogP contribution in [0.3, 0.4) is 0 Å². The number of aromatic hydroxyl groups is 1. The van der Waals surface area contributed by atoms with Gasteiger partial charge in [0.15, 0.2) is 0 Å². The second kappa shape index (κ2) is 21.8. The molecule has 326 valence electrons. The topological polar surface area (TPSA) is 108 Å². The van der Waals surface area contributed by atoms with E-state index < -0.39 is 63.0 Å². The monoisotopic (exact) mass is 988 g/mol. The average Bonchev–Trinajstić information content (AvgIpc) is 3.17. The molecule has 0 unspecified atom stereocenters. The van der Waals surface area contributed by atoms with Crippen molar-refractivity contribution in [3.05, 3.63) is 167 Å². The SMILES string of the molecule is CC(C)Oc1ccccc1.Cc1c(C(F)(F)F)cnn(-c2cc(O)c(Br)cc2F)c1=O.Cc1c(C(F)(F)F)cnn(-c2cc(OC(C)C)c(Br)cc2F)c1=O.c1ccccc1. The first-order chi connectivity index (χ1) is 28.4. The average molecular weight is 991 g/mol. The summed E-state index contributed by atoms with van der Waals surface area (Å²) in [5, 5.41) is 16.3. The fourth-order valence-electron chi connectivity index (χ4n) is 4.86. The van der Waals surface area contributed by atoms with E-state index in [-0.39, 0.29) is 33.9 Å². The molecule has 1 N–H and O–H groups in total. The maximum Gasteiger partial charge on any atom is 0.418 e. The summed E-state index contributed by atoms with van der Waals surface area (Å²) in [6.45, 7) is 9.54. The van der Waals surface area contributed by atoms with Crippen molar-refractivity contribution in [3.8, 4) is 28.6 Å². The summed E-state index contributed by atoms with van der Waals surface area (Å²) in [7, 11) is 0. The normalized spacial score (nSPS) is 11.1. The maximum absolute atomic E-state index is 14.2. The van der Waals surface area contributed by atoms with Gasteiger partial charge < -0.3 is 14.6 Å². The molecule has 0 saturated carbocycles. The summed E-state index contributed by atoms with van der Waals surface area (Å²) in [5.41, 5.74) is -6.43. The van der Waals surface area contributed by atoms with Crippen LogP contribution in [0.4, 0.5) is 35.1 Å². The lowest BCUT2D eigenvalue weighted by molar-refractivity contribution is -0.139. The van der Waals surface area contributed by atoms with E-state index in [1.54, 1.807) is 13.8 Å². The van der Waals surface area contributed by atoms with Crippen LogP contribution in [0.15, 0.2) is 122 Å². The number of hydrogen-bond acceptors (Lipinski definition) is 7. The number of halogens is 10. The zero-order valence-corrected chi connectivity index (χ0v) is 36.3. The van der Waals surface area contributed by atoms with E-state index in [9.17, 15) is 49.8 Å². The Labute approximate surface area is 361 Å². The van der Waals surface area contributed by atoms with Gasteiger partial charge in [-0.25, -0.2) is 8.78 Å². The molecule has 0 aliphatic carbocycles. The van der Waals surface area contributed by atoms with Crippen molar-refractivity contribution < 1.29 is 49.7 Å². The lowest BCUT2D eigenvalue weighted by Gasteiger charge is -2.15. The maximum atomic E-state index is 14.2. The van der Waals surface area contributed by atoms with Crippen LogP contribution in [-0.4, -0.2) is 36.9 Å². The molecule has 0 aliphatic rings. The molecule has 4 aromatic carbocycles. The van der Waals surface area contributed by atoms with Gasteiger partial charge in [-0.05, 0) is 97.7 Å². The molecule has 0 spiro atoms. The number of phenols is 1. The van der Waals surface area contributed by atoms with E-state index in [2.05, 4.69) is 42.1 Å². The van der Waals surface area contributed by atoms with Gasteiger partial charge in [-0.15, -0.1) is 0 Å². The van der Waals surface area contributed by atoms with Crippen molar-refractivity contribution in [1.29, 1.82) is 0 Å². The van der Waals surface area contributed by atoms with Gasteiger partial charge >= 0.3 is 12.4 Å². The first-order valence-electron chi connectivity index (χ1n) is 17.8. The molecule has 0 aliphatic heterocycles. The van der Waals surface area contributed by atoms with E-state index in [1.807, 2.05) is 80.6 Å². The Morgan fingerprint density at radius 3 is 1.38 bits per heavy atom. The lowest BCUT2D eigenvalue weighted by Crippen LogP contribution is -2.28. The highest BCUT2D eigenvalue weighted by Crippen LogP contribution is 2.33. The largest absolute Gasteiger partial charge is 0.507 e. The molecule has 0 radical (unpaired) electrons. The third-order valence-electron chi connectivity index (χ3n) is 7.67. The number of alkyl halides is 6. The third kappa shape index (κ3) is 14.3. The molecule has 0 saturated heterocycles. The van der Waals surface area contributed by atoms with Crippen LogP contribution in [0.1, 0.15) is 49.9 Å². The number of aromatic nitrogens is 4. The highest BCUT2D eigenvalue weighted by molar-refractivity contribution is 9.10. The molecule has 6 rings (SSSR count). The molecule has 0 amide bonds. The summed E-state index contributed by atoms with van der Waals surface area (Å²) >= 11 is 6.01. The molecular weight excluding hydrogens is 952 g/mol. The van der Waals surface area contributed by atoms with Gasteiger partial charge in [0.2, 0.25) is 0 Å². The Balaban J connectivity index is 0.000000241. The van der Waals surface area contributed by atoms with Crippen molar-refractivity contribution in [2.45, 2.75) is 66.1 Å². The van der Waals surface area contributed by atoms with Crippen molar-refractivity contribution >= 4 is 31.9 Å². The Hall–Kier alpha value is -5.56. The van der Waals surface area contributed by atoms with Crippen molar-refractivity contribution in [1.82, 2.24) is 19.6 Å². The molecule has 61 heavy (non-hydrogen) atoms. The molecule has 2 aromatic heterocycles. The molecule has 2 heterocycles. The molecule has 9 nitrogen and oxygen atoms in total. The minimum atomic E-state index is -4.73. The first kappa shape index (κ1) is 49.8. The molecule has 19 heteroatoms. The van der Waals surface area contributed by atoms with Crippen molar-refractivity contribution in [2.24, 2.45) is 0 Å². The number of phenolic OH excluding ortho intramolecular Hbond substituents is 1. The Bertz CT molecular complexity index is 2470. The van der Waals surface area contributed by atoms with Crippen LogP contribution >= 0.6 is 31.9 Å². The van der Waals surface area contributed by atoms with Crippen molar-refractivity contribution in [3.63, 3.8) is 0 Å². The van der Waals surface area contributed by atoms with E-state index in [4.69, 9.17) is 9.47 Å². The third-order valence-corrected chi connectivity index (χ3v) is 8.92. The number of nitrogens with zero attached hydrogens (tertiary/aromatic N) is 4. The summed E-state index contributed by atoms with van der Waals surface area (Å²) < 4.78 is 117. The van der Waals surface area contributed by atoms with Crippen molar-refractivity contribution in [2.75, 3.05) is 0 Å². The fourth-order valence-corrected chi connectivity index (χ4v) is 5.59. The lowest BCUT2D eigenvalue weighted by atomic mass is 10.2. The van der Waals surface area contributed by atoms with Crippen LogP contribution in [0.25, 0.3) is 11.4 Å². The van der Waals surface area contributed by atoms with Gasteiger partial charge in [0.25, 0.3) is 11.1 Å². The van der Waals surface area contributed by atoms with Crippen LogP contribution < -0.4 is 20.6 Å². The Morgan fingerprint density at radius 1 is 0.607 bits per heavy atom. The zero-order valence-electron chi connectivity index (χ0n) is 33.1. The summed E-state index contributed by atoms with van der Waals surface area (Å²) in [5.74, 6) is -0.942. The minimum Gasteiger partial charge on any atom is -0.507 e. The number of benzene rings is 4. The second-order valence-electron chi connectivity index (χ2n) is 13.1. The highest BCUT2D eigenvalue weighted by atomic mass is 79.9. The van der Waals surface area contributed by atoms with Crippen LogP contribution in [-0.2, 0) is 12.4 Å². The summed E-state index contributed by atoms with van der Waals surface area (Å²) in [6, 6.07) is 25.9. The quantitative estimate of drug-likeness (QED) is 0.166. The van der Waals surface area contributed by atoms with Crippen LogP contribution in [0.5, 0.6) is 17.2 Å². The van der Waals surface area contributed by atoms with Gasteiger partial charge in [-0.2, -0.15) is 45.9 Å². The summed E-state index contributed by atoms with van der Waals surface area (Å²) in [6.07, 6.45) is -8.45. The highest BCUT2D eigenvalue weighted by Gasteiger charge is 2.35. The van der Waals surface area contributed by atoms with Crippen LogP contribution in [0.2, 0.25) is 0 Å². The molecular formula is C42H38Br2F8N4O5. The number of rotatable bonds is 6. The smallest absolute Gasteiger partial charge is 0.418 e. The van der Waals surface area contributed by atoms with E-state index >= 15 is 0 Å². The van der Waals surface area contributed by atoms with Gasteiger partial charge in [-0.3, -0.25) is 9.59 Å². The van der Waals surface area contributed by atoms with Gasteiger partial charge in [0.05, 0.1) is 44.7 Å². The minimum absolute atomic E-state index is 0.0421. The number of para-hydroxylation sites is 1. The number of ether oxygens (including phenoxy) is 2. The van der Waals surface area contributed by atoms with E-state index in [0.29, 0.717) is 26.2 Å². The summed E-state index contributed by atoms with van der Waals surface area (Å²) in [4.78, 5) is 24.1. The molecule has 0 atom stereocenters. The van der Waals surface area contributed by atoms with E-state index in [1.165, 1.54) is 6.07 Å². The standard InChI is InChI=1S/C15H13BrF4N2O2.C12H7BrF4N2O2.C9H12O.C6H6/c1-7(2)24-13-5-12(11(17)4-10(13)16)22-14(23)8(3)9(6-21-22)15(18,19)20;1-5-6(12(15,16)17)4-18-19(11(5)21)9-3-10(20)7(13)2-8(9)14;1-8(2)10-9-6-4-3-5-7-9;1-2-4-6-5-3-1/h4-7H,1-3H3;2-4,20H,1H3;3-8H,1-2H3;1-6H. The Kier molecular flexibility index (Phi) is 17.8. The zero-order chi connectivity index (χ0) is 45.8. The van der Waals surface area contributed by atoms with Crippen LogP contribution in [0, 0.1) is 25.5 Å². The predicted octanol–water partition coefficient (Wildman–Crippen LogP) is 11.6. The first-order valence-corrected chi connectivity index (χ1v) is 19.4. The fraction of sp³-hybridized carbons (Fsp3) is 0.238. The van der Waals surface area contributed by atoms with Gasteiger partial charge in [0.1, 0.15) is 40.3 Å². The second-order valence-corrected chi connectivity index (χ2v) is 14.8. The Morgan fingerprint density at radius 2 is 0.984 bits per heavy atom. The van der Waals surface area contributed by atoms with Gasteiger partial charge in [-0.1, -0.05) is 54.6 Å². The predicted molar refractivity (Wildman–Crippen MR) is 221 cm³/mol. The molecule has 0 fully saturated rings. The van der Waals surface area contributed by atoms with Gasteiger partial charge in [0, 0.05) is 23.3 Å².